The van der Waals surface area contributed by atoms with Crippen molar-refractivity contribution in [3.63, 3.8) is 0 Å². The molecule has 5 bridgehead atoms. The van der Waals surface area contributed by atoms with Gasteiger partial charge >= 0.3 is 11.8 Å². The number of fused-ring (bicyclic) bond motifs is 13. The molecule has 2 amide bonds. The van der Waals surface area contributed by atoms with Gasteiger partial charge in [0.05, 0.1) is 40.9 Å². The number of nitrogens with one attached hydrogen (secondary N) is 1. The summed E-state index contributed by atoms with van der Waals surface area (Å²) in [6, 6.07) is 10.1. The number of hydrogen-bond donors (Lipinski definition) is 5. The number of ketones is 1. The zero-order valence-electron chi connectivity index (χ0n) is 45.5. The van der Waals surface area contributed by atoms with E-state index in [2.05, 4.69) is 41.1 Å². The van der Waals surface area contributed by atoms with Crippen molar-refractivity contribution < 1.29 is 58.6 Å². The Labute approximate surface area is 444 Å². The average Bonchev–Trinajstić information content (AvgIpc) is 3.90. The van der Waals surface area contributed by atoms with Gasteiger partial charge in [0, 0.05) is 119 Å². The van der Waals surface area contributed by atoms with Crippen LogP contribution in [0.2, 0.25) is 0 Å². The van der Waals surface area contributed by atoms with Crippen molar-refractivity contribution in [2.45, 2.75) is 124 Å². The molecule has 0 aliphatic carbocycles. The molecule has 0 radical (unpaired) electrons. The monoisotopic (exact) mass is 1050 g/mol. The standard InChI is InChI=1S/C58H76N6O12/c1-32(2)30-62-22-20-58(21-23-62)60-46-43-44-51(69)38(8)54-45(43)55(71)57(9,76-54)74-28-19-40(73-10)35(5)53(75-42(66)29-41(65)64-26-24-63(25-27-64)31-39-17-12-11-13-18-39)37(7)50(68)36(6)49(67)33(3)15-14-16-34(4)56(72)59-48(52(44)70)47(46)61-58/h11-19,28,32-33,35-37,40,49-50,53,67-70H,20-27,29-31H2,1-10H3,(H,59,72)/b15-14+,28-19+,34-16-/t33-,35+,36+,37+,40-,49-,50+,53+,57?/m0/s1. The molecule has 3 aromatic rings. The summed E-state index contributed by atoms with van der Waals surface area (Å²) < 4.78 is 24.7. The minimum Gasteiger partial charge on any atom is -0.507 e. The molecule has 9 atom stereocenters. The molecule has 0 aromatic heterocycles. The van der Waals surface area contributed by atoms with Crippen LogP contribution in [0, 0.1) is 36.5 Å². The number of ether oxygens (including phenoxy) is 4. The summed E-state index contributed by atoms with van der Waals surface area (Å²) in [5.74, 6) is -7.73. The fourth-order valence-electron chi connectivity index (χ4n) is 11.4. The number of anilines is 1. The van der Waals surface area contributed by atoms with E-state index in [-0.39, 0.29) is 55.5 Å². The number of amides is 2. The molecule has 1 unspecified atom stereocenters. The maximum Gasteiger partial charge on any atom is 0.315 e. The number of carbonyl (C=O) groups is 4. The third kappa shape index (κ3) is 11.3. The average molecular weight is 1050 g/mol. The van der Waals surface area contributed by atoms with E-state index in [1.807, 2.05) is 18.2 Å². The molecule has 9 rings (SSSR count). The van der Waals surface area contributed by atoms with Crippen molar-refractivity contribution in [3.05, 3.63) is 93.9 Å². The molecule has 6 aliphatic rings. The molecule has 6 heterocycles. The Kier molecular flexibility index (Phi) is 16.8. The fourth-order valence-corrected chi connectivity index (χ4v) is 11.4. The number of aliphatic hydroxyl groups excluding tert-OH is 2. The summed E-state index contributed by atoms with van der Waals surface area (Å²) in [5.41, 5.74) is 0.478. The van der Waals surface area contributed by atoms with Crippen molar-refractivity contribution in [2.24, 2.45) is 39.6 Å². The third-order valence-electron chi connectivity index (χ3n) is 16.1. The molecule has 18 nitrogen and oxygen atoms in total. The number of aliphatic hydroxyl groups is 2. The first-order valence-corrected chi connectivity index (χ1v) is 26.7. The van der Waals surface area contributed by atoms with Crippen LogP contribution in [0.3, 0.4) is 0 Å². The lowest BCUT2D eigenvalue weighted by Crippen LogP contribution is -2.49. The predicted octanol–water partition coefficient (Wildman–Crippen LogP) is 5.46. The zero-order chi connectivity index (χ0) is 55.0. The van der Waals surface area contributed by atoms with E-state index >= 15 is 0 Å². The van der Waals surface area contributed by atoms with E-state index in [0.29, 0.717) is 58.0 Å². The number of nitrogens with zero attached hydrogens (tertiary/aromatic N) is 5. The molecule has 18 heteroatoms. The van der Waals surface area contributed by atoms with Crippen LogP contribution in [-0.4, -0.2) is 147 Å². The number of methoxy groups -OCH3 is 1. The maximum atomic E-state index is 15.0. The molecule has 3 aromatic carbocycles. The van der Waals surface area contributed by atoms with E-state index in [1.165, 1.54) is 31.9 Å². The van der Waals surface area contributed by atoms with Crippen LogP contribution in [-0.2, 0) is 35.1 Å². The minimum absolute atomic E-state index is 0.00928. The normalized spacial score (nSPS) is 30.0. The van der Waals surface area contributed by atoms with Gasteiger partial charge in [0.1, 0.15) is 35.1 Å². The van der Waals surface area contributed by atoms with Gasteiger partial charge in [-0.3, -0.25) is 34.1 Å². The number of carbonyl (C=O) groups excluding carboxylic acids is 4. The number of allylic oxidation sites excluding steroid dienone is 2. The second-order valence-electron chi connectivity index (χ2n) is 22.2. The lowest BCUT2D eigenvalue weighted by molar-refractivity contribution is -0.165. The maximum absolute atomic E-state index is 15.0. The number of piperidine rings is 1. The Bertz CT molecular complexity index is 2930. The SMILES string of the molecule is CO[C@H]1/C=C/OC2(C)Oc3c(C)c(O)c4c(O)c(c5c(c4c3C2=O)=NC2(CCN(CC(C)C)CC2)N=5)NC(=O)/C(C)=C\C=C\[C@H](C)[C@H](O)[C@@H](C)[C@@H](O)[C@@H](C)[C@H](OC(=O)CC(=O)N2CCN(Cc3ccccc3)CC2)[C@@H]1C. The van der Waals surface area contributed by atoms with Gasteiger partial charge in [0.15, 0.2) is 11.4 Å². The number of esters is 1. The van der Waals surface area contributed by atoms with E-state index in [9.17, 15) is 39.6 Å². The molecule has 6 aliphatic heterocycles. The summed E-state index contributed by atoms with van der Waals surface area (Å²) >= 11 is 0. The first-order valence-electron chi connectivity index (χ1n) is 26.7. The van der Waals surface area contributed by atoms with Gasteiger partial charge in [0.25, 0.3) is 11.7 Å². The highest BCUT2D eigenvalue weighted by Gasteiger charge is 2.50. The Morgan fingerprint density at radius 3 is 2.18 bits per heavy atom. The molecular formula is C58H76N6O12. The second-order valence-corrected chi connectivity index (χ2v) is 22.2. The second kappa shape index (κ2) is 22.8. The van der Waals surface area contributed by atoms with Crippen molar-refractivity contribution in [2.75, 3.05) is 58.2 Å². The summed E-state index contributed by atoms with van der Waals surface area (Å²) in [6.45, 7) is 21.0. The molecule has 410 valence electrons. The van der Waals surface area contributed by atoms with Crippen LogP contribution >= 0.6 is 0 Å². The number of phenolic OH excluding ortho intramolecular Hbond substituents is 2. The number of likely N-dealkylation sites (tertiary alicyclic amines) is 1. The van der Waals surface area contributed by atoms with Crippen LogP contribution in [0.1, 0.15) is 96.1 Å². The lowest BCUT2D eigenvalue weighted by Gasteiger charge is -2.38. The van der Waals surface area contributed by atoms with Crippen molar-refractivity contribution >= 4 is 40.0 Å². The number of hydrogen-bond acceptors (Lipinski definition) is 16. The van der Waals surface area contributed by atoms with Gasteiger partial charge in [0.2, 0.25) is 5.91 Å². The van der Waals surface area contributed by atoms with Gasteiger partial charge in [-0.2, -0.15) is 0 Å². The first-order chi connectivity index (χ1) is 36.1. The number of aromatic hydroxyl groups is 2. The van der Waals surface area contributed by atoms with Crippen LogP contribution in [0.4, 0.5) is 5.69 Å². The van der Waals surface area contributed by atoms with Gasteiger partial charge in [-0.25, -0.2) is 0 Å². The molecule has 0 saturated carbocycles. The Balaban J connectivity index is 1.14. The number of benzene rings is 3. The molecular weight excluding hydrogens is 973 g/mol. The van der Waals surface area contributed by atoms with Crippen molar-refractivity contribution in [3.8, 4) is 17.2 Å². The topological polar surface area (TPSA) is 233 Å². The van der Waals surface area contributed by atoms with E-state index < -0.39 is 95.1 Å². The summed E-state index contributed by atoms with van der Waals surface area (Å²) in [7, 11) is 1.45. The zero-order valence-corrected chi connectivity index (χ0v) is 45.5. The quantitative estimate of drug-likeness (QED) is 0.107. The summed E-state index contributed by atoms with van der Waals surface area (Å²) in [5, 5.41) is 51.1. The molecule has 2 fully saturated rings. The highest BCUT2D eigenvalue weighted by atomic mass is 16.7. The van der Waals surface area contributed by atoms with Crippen LogP contribution in [0.5, 0.6) is 17.2 Å². The molecule has 2 saturated heterocycles. The highest BCUT2D eigenvalue weighted by molar-refractivity contribution is 6.19. The number of Topliss-reactive ketones (excluding diaryl/α,β-unsaturated/α-hetero) is 1. The van der Waals surface area contributed by atoms with E-state index in [0.717, 1.165) is 13.1 Å². The summed E-state index contributed by atoms with van der Waals surface area (Å²) in [4.78, 5) is 73.2. The Morgan fingerprint density at radius 1 is 0.855 bits per heavy atom. The first kappa shape index (κ1) is 56.0. The Hall–Kier alpha value is -6.18. The van der Waals surface area contributed by atoms with Crippen LogP contribution < -0.4 is 20.8 Å². The Morgan fingerprint density at radius 2 is 1.53 bits per heavy atom. The van der Waals surface area contributed by atoms with Crippen LogP contribution in [0.25, 0.3) is 10.8 Å². The van der Waals surface area contributed by atoms with Gasteiger partial charge in [-0.05, 0) is 31.4 Å². The largest absolute Gasteiger partial charge is 0.507 e. The van der Waals surface area contributed by atoms with Crippen molar-refractivity contribution in [1.82, 2.24) is 14.7 Å². The number of piperazine rings is 1. The smallest absolute Gasteiger partial charge is 0.315 e. The number of phenols is 2. The lowest BCUT2D eigenvalue weighted by atomic mass is 9.78. The van der Waals surface area contributed by atoms with Gasteiger partial charge < -0.3 is 54.5 Å². The van der Waals surface area contributed by atoms with Gasteiger partial charge in [-0.1, -0.05) is 90.1 Å². The van der Waals surface area contributed by atoms with Crippen LogP contribution in [0.15, 0.2) is 76.5 Å². The highest BCUT2D eigenvalue weighted by Crippen LogP contribution is 2.50. The van der Waals surface area contributed by atoms with E-state index in [1.54, 1.807) is 64.7 Å². The van der Waals surface area contributed by atoms with Crippen molar-refractivity contribution in [1.29, 1.82) is 0 Å². The minimum atomic E-state index is -2.02. The fraction of sp³-hybridized carbons (Fsp3) is 0.552. The third-order valence-corrected chi connectivity index (χ3v) is 16.1. The number of rotatable bonds is 8. The van der Waals surface area contributed by atoms with E-state index in [4.69, 9.17) is 28.9 Å². The predicted molar refractivity (Wildman–Crippen MR) is 285 cm³/mol. The molecule has 1 spiro atoms. The molecule has 5 N–H and O–H groups in total. The summed E-state index contributed by atoms with van der Waals surface area (Å²) in [6.07, 6.45) is 3.85. The van der Waals surface area contributed by atoms with Gasteiger partial charge in [-0.15, -0.1) is 0 Å². The molecule has 76 heavy (non-hydrogen) atoms.